The Hall–Kier alpha value is -2.35. The smallest absolute Gasteiger partial charge is 0.0643 e. The lowest BCUT2D eigenvalue weighted by molar-refractivity contribution is 0.833. The number of aliphatic imine (C=N–C) groups is 1. The Morgan fingerprint density at radius 1 is 1.05 bits per heavy atom. The monoisotopic (exact) mass is 288 g/mol. The van der Waals surface area contributed by atoms with E-state index in [1.165, 1.54) is 45.4 Å². The van der Waals surface area contributed by atoms with Crippen LogP contribution in [-0.4, -0.2) is 10.7 Å². The average Bonchev–Trinajstić information content (AvgIpc) is 2.92. The molecule has 0 spiro atoms. The molecule has 0 amide bonds. The van der Waals surface area contributed by atoms with Gasteiger partial charge in [0.25, 0.3) is 0 Å². The molecule has 2 heteroatoms. The van der Waals surface area contributed by atoms with Crippen LogP contribution in [0.1, 0.15) is 35.2 Å². The Morgan fingerprint density at radius 3 is 2.77 bits per heavy atom. The lowest BCUT2D eigenvalue weighted by atomic mass is 9.93. The SMILES string of the molecule is Cc1ccc2[nH]c3c(c2c1)CCCC3=NCc1ccccc1. The summed E-state index contributed by atoms with van der Waals surface area (Å²) < 4.78 is 0. The number of hydrogen-bond acceptors (Lipinski definition) is 1. The molecule has 0 atom stereocenters. The van der Waals surface area contributed by atoms with Gasteiger partial charge < -0.3 is 4.98 Å². The minimum atomic E-state index is 0.768. The fraction of sp³-hybridized carbons (Fsp3) is 0.250. The summed E-state index contributed by atoms with van der Waals surface area (Å²) in [5.41, 5.74) is 7.79. The molecule has 2 aromatic carbocycles. The number of nitrogens with one attached hydrogen (secondary N) is 1. The molecule has 0 unspecified atom stereocenters. The summed E-state index contributed by atoms with van der Waals surface area (Å²) in [5.74, 6) is 0. The molecule has 1 aliphatic carbocycles. The Morgan fingerprint density at radius 2 is 1.91 bits per heavy atom. The molecule has 1 aromatic heterocycles. The minimum absolute atomic E-state index is 0.768. The molecule has 1 N–H and O–H groups in total. The predicted octanol–water partition coefficient (Wildman–Crippen LogP) is 4.80. The summed E-state index contributed by atoms with van der Waals surface area (Å²) in [7, 11) is 0. The van der Waals surface area contributed by atoms with Gasteiger partial charge in [-0.15, -0.1) is 0 Å². The minimum Gasteiger partial charge on any atom is -0.353 e. The number of fused-ring (bicyclic) bond motifs is 3. The van der Waals surface area contributed by atoms with Crippen LogP contribution in [0, 0.1) is 6.92 Å². The number of rotatable bonds is 2. The third-order valence-electron chi connectivity index (χ3n) is 4.49. The standard InChI is InChI=1S/C20H20N2/c1-14-10-11-18-17(12-14)16-8-5-9-19(20(16)22-18)21-13-15-6-3-2-4-7-15/h2-4,6-7,10-12,22H,5,8-9,13H2,1H3. The molecular formula is C20H20N2. The van der Waals surface area contributed by atoms with Gasteiger partial charge in [0.15, 0.2) is 0 Å². The van der Waals surface area contributed by atoms with E-state index in [-0.39, 0.29) is 0 Å². The molecule has 22 heavy (non-hydrogen) atoms. The van der Waals surface area contributed by atoms with Gasteiger partial charge in [-0.2, -0.15) is 0 Å². The molecule has 0 fully saturated rings. The van der Waals surface area contributed by atoms with Gasteiger partial charge in [-0.05, 0) is 49.4 Å². The Labute approximate surface area is 130 Å². The maximum absolute atomic E-state index is 4.90. The molecule has 0 radical (unpaired) electrons. The zero-order chi connectivity index (χ0) is 14.9. The Kier molecular flexibility index (Phi) is 3.30. The van der Waals surface area contributed by atoms with Crippen molar-refractivity contribution in [1.29, 1.82) is 0 Å². The van der Waals surface area contributed by atoms with Crippen LogP contribution in [0.3, 0.4) is 0 Å². The van der Waals surface area contributed by atoms with Crippen LogP contribution >= 0.6 is 0 Å². The lowest BCUT2D eigenvalue weighted by Gasteiger charge is -2.14. The second-order valence-electron chi connectivity index (χ2n) is 6.13. The van der Waals surface area contributed by atoms with Gasteiger partial charge in [0.2, 0.25) is 0 Å². The van der Waals surface area contributed by atoms with Gasteiger partial charge in [0, 0.05) is 10.9 Å². The molecule has 0 aliphatic heterocycles. The van der Waals surface area contributed by atoms with Crippen LogP contribution in [-0.2, 0) is 13.0 Å². The van der Waals surface area contributed by atoms with Crippen molar-refractivity contribution in [3.05, 3.63) is 70.9 Å². The number of benzene rings is 2. The number of aromatic nitrogens is 1. The quantitative estimate of drug-likeness (QED) is 0.701. The largest absolute Gasteiger partial charge is 0.353 e. The van der Waals surface area contributed by atoms with Crippen molar-refractivity contribution in [3.63, 3.8) is 0 Å². The molecule has 3 aromatic rings. The number of H-pyrrole nitrogens is 1. The van der Waals surface area contributed by atoms with E-state index in [1.54, 1.807) is 0 Å². The van der Waals surface area contributed by atoms with E-state index < -0.39 is 0 Å². The van der Waals surface area contributed by atoms with Crippen LogP contribution in [0.4, 0.5) is 0 Å². The third kappa shape index (κ3) is 2.35. The second kappa shape index (κ2) is 5.45. The second-order valence-corrected chi connectivity index (χ2v) is 6.13. The highest BCUT2D eigenvalue weighted by atomic mass is 14.8. The molecule has 1 heterocycles. The number of hydrogen-bond donors (Lipinski definition) is 1. The zero-order valence-electron chi connectivity index (χ0n) is 12.9. The van der Waals surface area contributed by atoms with Gasteiger partial charge in [-0.25, -0.2) is 0 Å². The number of aromatic amines is 1. The molecule has 0 bridgehead atoms. The normalized spacial score (nSPS) is 16.1. The highest BCUT2D eigenvalue weighted by Gasteiger charge is 2.20. The zero-order valence-corrected chi connectivity index (χ0v) is 12.9. The van der Waals surface area contributed by atoms with E-state index in [2.05, 4.69) is 60.4 Å². The fourth-order valence-corrected chi connectivity index (χ4v) is 3.35. The van der Waals surface area contributed by atoms with Crippen LogP contribution in [0.25, 0.3) is 10.9 Å². The van der Waals surface area contributed by atoms with Gasteiger partial charge >= 0.3 is 0 Å². The summed E-state index contributed by atoms with van der Waals surface area (Å²) >= 11 is 0. The van der Waals surface area contributed by atoms with Crippen LogP contribution in [0.5, 0.6) is 0 Å². The highest BCUT2D eigenvalue weighted by Crippen LogP contribution is 2.30. The van der Waals surface area contributed by atoms with E-state index >= 15 is 0 Å². The topological polar surface area (TPSA) is 28.1 Å². The van der Waals surface area contributed by atoms with E-state index in [1.807, 2.05) is 0 Å². The van der Waals surface area contributed by atoms with Crippen molar-refractivity contribution >= 4 is 16.6 Å². The maximum Gasteiger partial charge on any atom is 0.0643 e. The first kappa shape index (κ1) is 13.3. The number of nitrogens with zero attached hydrogens (tertiary/aromatic N) is 1. The van der Waals surface area contributed by atoms with Crippen molar-refractivity contribution in [2.24, 2.45) is 4.99 Å². The first-order valence-electron chi connectivity index (χ1n) is 8.00. The Bertz CT molecular complexity index is 841. The summed E-state index contributed by atoms with van der Waals surface area (Å²) in [6.07, 6.45) is 3.43. The average molecular weight is 288 g/mol. The van der Waals surface area contributed by atoms with Crippen LogP contribution < -0.4 is 0 Å². The molecular weight excluding hydrogens is 268 g/mol. The van der Waals surface area contributed by atoms with Crippen molar-refractivity contribution < 1.29 is 0 Å². The fourth-order valence-electron chi connectivity index (χ4n) is 3.35. The molecule has 0 saturated carbocycles. The molecule has 4 rings (SSSR count). The molecule has 110 valence electrons. The van der Waals surface area contributed by atoms with E-state index in [0.717, 1.165) is 19.4 Å². The summed E-state index contributed by atoms with van der Waals surface area (Å²) in [5, 5.41) is 1.38. The predicted molar refractivity (Wildman–Crippen MR) is 92.7 cm³/mol. The van der Waals surface area contributed by atoms with Gasteiger partial charge in [0.05, 0.1) is 18.0 Å². The van der Waals surface area contributed by atoms with Crippen molar-refractivity contribution in [1.82, 2.24) is 4.98 Å². The van der Waals surface area contributed by atoms with Crippen LogP contribution in [0.15, 0.2) is 53.5 Å². The number of aryl methyl sites for hydroxylation is 2. The molecule has 0 saturated heterocycles. The highest BCUT2D eigenvalue weighted by molar-refractivity contribution is 6.06. The van der Waals surface area contributed by atoms with Gasteiger partial charge in [-0.3, -0.25) is 4.99 Å². The van der Waals surface area contributed by atoms with E-state index in [0.29, 0.717) is 0 Å². The Balaban J connectivity index is 1.74. The third-order valence-corrected chi connectivity index (χ3v) is 4.49. The molecule has 2 nitrogen and oxygen atoms in total. The summed E-state index contributed by atoms with van der Waals surface area (Å²) in [6.45, 7) is 2.93. The van der Waals surface area contributed by atoms with Crippen molar-refractivity contribution in [3.8, 4) is 0 Å². The van der Waals surface area contributed by atoms with Crippen molar-refractivity contribution in [2.45, 2.75) is 32.7 Å². The lowest BCUT2D eigenvalue weighted by Crippen LogP contribution is -2.11. The summed E-state index contributed by atoms with van der Waals surface area (Å²) in [4.78, 5) is 8.50. The van der Waals surface area contributed by atoms with E-state index in [4.69, 9.17) is 4.99 Å². The first-order valence-corrected chi connectivity index (χ1v) is 8.00. The maximum atomic E-state index is 4.90. The molecule has 1 aliphatic rings. The van der Waals surface area contributed by atoms with Crippen LogP contribution in [0.2, 0.25) is 0 Å². The van der Waals surface area contributed by atoms with Gasteiger partial charge in [0.1, 0.15) is 0 Å². The van der Waals surface area contributed by atoms with Gasteiger partial charge in [-0.1, -0.05) is 42.0 Å². The van der Waals surface area contributed by atoms with E-state index in [9.17, 15) is 0 Å². The summed E-state index contributed by atoms with van der Waals surface area (Å²) in [6, 6.07) is 17.1. The van der Waals surface area contributed by atoms with Crippen molar-refractivity contribution in [2.75, 3.05) is 0 Å². The first-order chi connectivity index (χ1) is 10.8.